The summed E-state index contributed by atoms with van der Waals surface area (Å²) >= 11 is 0. The largest absolute Gasteiger partial charge is 0.373 e. The summed E-state index contributed by atoms with van der Waals surface area (Å²) in [5, 5.41) is 6.80. The van der Waals surface area contributed by atoms with E-state index < -0.39 is 0 Å². The van der Waals surface area contributed by atoms with Crippen molar-refractivity contribution in [1.82, 2.24) is 9.97 Å². The number of hydrogen-bond donors (Lipinski definition) is 2. The lowest BCUT2D eigenvalue weighted by molar-refractivity contribution is 0.252. The number of nitrogens with zero attached hydrogens (tertiary/aromatic N) is 2. The Labute approximate surface area is 129 Å². The summed E-state index contributed by atoms with van der Waals surface area (Å²) in [5.41, 5.74) is 1.65. The Morgan fingerprint density at radius 2 is 1.86 bits per heavy atom. The number of nitrogens with one attached hydrogen (secondary N) is 2. The Balaban J connectivity index is 2.11. The number of anilines is 2. The average molecular weight is 290 g/mol. The van der Waals surface area contributed by atoms with Gasteiger partial charge in [-0.05, 0) is 37.0 Å². The van der Waals surface area contributed by atoms with E-state index >= 15 is 0 Å². The molecule has 118 valence electrons. The van der Waals surface area contributed by atoms with Gasteiger partial charge in [0.15, 0.2) is 0 Å². The Bertz CT molecular complexity index is 450. The summed E-state index contributed by atoms with van der Waals surface area (Å²) in [6.45, 7) is 7.87. The first-order chi connectivity index (χ1) is 10.1. The van der Waals surface area contributed by atoms with Crippen molar-refractivity contribution < 1.29 is 0 Å². The van der Waals surface area contributed by atoms with Gasteiger partial charge in [0, 0.05) is 19.2 Å². The van der Waals surface area contributed by atoms with E-state index in [1.807, 2.05) is 7.05 Å². The first kappa shape index (κ1) is 16.1. The van der Waals surface area contributed by atoms with Gasteiger partial charge in [0.25, 0.3) is 0 Å². The van der Waals surface area contributed by atoms with E-state index in [2.05, 4.69) is 41.4 Å². The third kappa shape index (κ3) is 3.86. The van der Waals surface area contributed by atoms with Crippen LogP contribution < -0.4 is 10.6 Å². The van der Waals surface area contributed by atoms with E-state index in [0.717, 1.165) is 30.5 Å². The van der Waals surface area contributed by atoms with Gasteiger partial charge in [-0.2, -0.15) is 0 Å². The highest BCUT2D eigenvalue weighted by atomic mass is 15.1. The lowest BCUT2D eigenvalue weighted by atomic mass is 9.78. The maximum atomic E-state index is 4.47. The van der Waals surface area contributed by atoms with Crippen LogP contribution in [0, 0.1) is 11.3 Å². The summed E-state index contributed by atoms with van der Waals surface area (Å²) in [6, 6.07) is 0. The molecule has 0 atom stereocenters. The zero-order chi connectivity index (χ0) is 15.3. The highest BCUT2D eigenvalue weighted by Crippen LogP contribution is 2.43. The van der Waals surface area contributed by atoms with E-state index in [1.165, 1.54) is 37.7 Å². The van der Waals surface area contributed by atoms with Crippen LogP contribution in [0.3, 0.4) is 0 Å². The second kappa shape index (κ2) is 7.10. The summed E-state index contributed by atoms with van der Waals surface area (Å²) in [4.78, 5) is 8.78. The monoisotopic (exact) mass is 290 g/mol. The summed E-state index contributed by atoms with van der Waals surface area (Å²) < 4.78 is 0. The molecule has 0 saturated heterocycles. The third-order valence-corrected chi connectivity index (χ3v) is 4.67. The normalized spacial score (nSPS) is 17.2. The lowest BCUT2D eigenvalue weighted by Gasteiger charge is -2.31. The number of hydrogen-bond acceptors (Lipinski definition) is 4. The predicted molar refractivity (Wildman–Crippen MR) is 89.8 cm³/mol. The molecule has 4 nitrogen and oxygen atoms in total. The summed E-state index contributed by atoms with van der Waals surface area (Å²) in [6.07, 6.45) is 9.35. The second-order valence-electron chi connectivity index (χ2n) is 6.81. The van der Waals surface area contributed by atoms with E-state index in [9.17, 15) is 0 Å². The molecule has 0 bridgehead atoms. The topological polar surface area (TPSA) is 49.8 Å². The fraction of sp³-hybridized carbons (Fsp3) is 0.765. The molecular weight excluding hydrogens is 260 g/mol. The summed E-state index contributed by atoms with van der Waals surface area (Å²) in [5.74, 6) is 2.71. The molecule has 1 aromatic heterocycles. The van der Waals surface area contributed by atoms with Crippen molar-refractivity contribution in [3.05, 3.63) is 11.9 Å². The molecule has 1 aliphatic carbocycles. The molecule has 0 spiro atoms. The molecule has 0 unspecified atom stereocenters. The Morgan fingerprint density at radius 3 is 2.43 bits per heavy atom. The molecule has 0 amide bonds. The highest BCUT2D eigenvalue weighted by Gasteiger charge is 2.34. The molecule has 0 aromatic carbocycles. The average Bonchev–Trinajstić information content (AvgIpc) is 2.92. The lowest BCUT2D eigenvalue weighted by Crippen LogP contribution is -2.29. The molecule has 1 saturated carbocycles. The van der Waals surface area contributed by atoms with Gasteiger partial charge < -0.3 is 10.6 Å². The van der Waals surface area contributed by atoms with Crippen molar-refractivity contribution >= 4 is 11.6 Å². The van der Waals surface area contributed by atoms with E-state index in [1.54, 1.807) is 6.33 Å². The minimum Gasteiger partial charge on any atom is -0.373 e. The van der Waals surface area contributed by atoms with Gasteiger partial charge in [-0.1, -0.05) is 33.6 Å². The van der Waals surface area contributed by atoms with Gasteiger partial charge in [-0.3, -0.25) is 0 Å². The van der Waals surface area contributed by atoms with E-state index in [4.69, 9.17) is 0 Å². The van der Waals surface area contributed by atoms with Gasteiger partial charge >= 0.3 is 0 Å². The Kier molecular flexibility index (Phi) is 5.43. The molecule has 2 N–H and O–H groups in total. The van der Waals surface area contributed by atoms with Crippen LogP contribution in [0.1, 0.15) is 58.4 Å². The van der Waals surface area contributed by atoms with Crippen LogP contribution in [-0.4, -0.2) is 23.6 Å². The van der Waals surface area contributed by atoms with Crippen molar-refractivity contribution in [3.8, 4) is 0 Å². The van der Waals surface area contributed by atoms with Crippen LogP contribution in [0.4, 0.5) is 11.6 Å². The smallest absolute Gasteiger partial charge is 0.134 e. The van der Waals surface area contributed by atoms with Crippen LogP contribution in [-0.2, 0) is 6.42 Å². The van der Waals surface area contributed by atoms with Gasteiger partial charge in [-0.25, -0.2) is 9.97 Å². The van der Waals surface area contributed by atoms with Crippen LogP contribution in [0.15, 0.2) is 6.33 Å². The van der Waals surface area contributed by atoms with Gasteiger partial charge in [0.1, 0.15) is 18.0 Å². The van der Waals surface area contributed by atoms with E-state index in [0.29, 0.717) is 5.41 Å². The summed E-state index contributed by atoms with van der Waals surface area (Å²) in [7, 11) is 1.92. The maximum absolute atomic E-state index is 4.47. The third-order valence-electron chi connectivity index (χ3n) is 4.67. The van der Waals surface area contributed by atoms with Gasteiger partial charge in [-0.15, -0.1) is 0 Å². The zero-order valence-corrected chi connectivity index (χ0v) is 14.0. The predicted octanol–water partition coefficient (Wildman–Crippen LogP) is 4.10. The fourth-order valence-corrected chi connectivity index (χ4v) is 3.83. The molecule has 0 aliphatic heterocycles. The molecule has 1 aromatic rings. The zero-order valence-electron chi connectivity index (χ0n) is 14.0. The maximum Gasteiger partial charge on any atom is 0.134 e. The van der Waals surface area contributed by atoms with Crippen molar-refractivity contribution in [3.63, 3.8) is 0 Å². The number of rotatable bonds is 7. The molecule has 4 heteroatoms. The number of aromatic nitrogens is 2. The Hall–Kier alpha value is -1.32. The first-order valence-electron chi connectivity index (χ1n) is 8.35. The van der Waals surface area contributed by atoms with Gasteiger partial charge in [0.2, 0.25) is 0 Å². The van der Waals surface area contributed by atoms with Gasteiger partial charge in [0.05, 0.1) is 0 Å². The fourth-order valence-electron chi connectivity index (χ4n) is 3.83. The molecular formula is C17H30N4. The standard InChI is InChI=1S/C17H30N4/c1-5-14-15(18-4)20-12-21-16(14)19-11-17(10-13(2)3)8-6-7-9-17/h12-13H,5-11H2,1-4H3,(H2,18,19,20,21). The molecule has 2 rings (SSSR count). The van der Waals surface area contributed by atoms with Crippen molar-refractivity contribution in [2.24, 2.45) is 11.3 Å². The highest BCUT2D eigenvalue weighted by molar-refractivity contribution is 5.57. The molecule has 21 heavy (non-hydrogen) atoms. The van der Waals surface area contributed by atoms with Crippen molar-refractivity contribution in [2.75, 3.05) is 24.2 Å². The SMILES string of the molecule is CCc1c(NC)ncnc1NCC1(CC(C)C)CCCC1. The minimum absolute atomic E-state index is 0.462. The molecule has 1 heterocycles. The van der Waals surface area contributed by atoms with Crippen LogP contribution in [0.2, 0.25) is 0 Å². The molecule has 1 aliphatic rings. The van der Waals surface area contributed by atoms with Crippen molar-refractivity contribution in [1.29, 1.82) is 0 Å². The van der Waals surface area contributed by atoms with Crippen LogP contribution >= 0.6 is 0 Å². The molecule has 0 radical (unpaired) electrons. The minimum atomic E-state index is 0.462. The Morgan fingerprint density at radius 1 is 1.19 bits per heavy atom. The van der Waals surface area contributed by atoms with E-state index in [-0.39, 0.29) is 0 Å². The first-order valence-corrected chi connectivity index (χ1v) is 8.35. The second-order valence-corrected chi connectivity index (χ2v) is 6.81. The molecule has 1 fully saturated rings. The van der Waals surface area contributed by atoms with Crippen LogP contribution in [0.25, 0.3) is 0 Å². The van der Waals surface area contributed by atoms with Crippen LogP contribution in [0.5, 0.6) is 0 Å². The van der Waals surface area contributed by atoms with Crippen molar-refractivity contribution in [2.45, 2.75) is 59.3 Å². The quantitative estimate of drug-likeness (QED) is 0.794.